The first-order valence-electron chi connectivity index (χ1n) is 44.8. The van der Waals surface area contributed by atoms with Crippen LogP contribution in [0.2, 0.25) is 10.0 Å². The monoisotopic (exact) mass is 1790 g/mol. The van der Waals surface area contributed by atoms with Crippen LogP contribution in [-0.4, -0.2) is 0 Å². The summed E-state index contributed by atoms with van der Waals surface area (Å²) in [6.07, 6.45) is 0. The van der Waals surface area contributed by atoms with E-state index in [0.29, 0.717) is 0 Å². The highest BCUT2D eigenvalue weighted by molar-refractivity contribution is 8.00. The second-order valence-corrected chi connectivity index (χ2v) is 38.7. The van der Waals surface area contributed by atoms with Gasteiger partial charge in [0, 0.05) is 73.1 Å². The molecule has 0 saturated carbocycles. The molecule has 0 fully saturated rings. The Morgan fingerprint density at radius 3 is 0.812 bits per heavy atom. The minimum Gasteiger partial charge on any atom is -0.456 e. The summed E-state index contributed by atoms with van der Waals surface area (Å²) in [6.45, 7) is 0. The van der Waals surface area contributed by atoms with Crippen molar-refractivity contribution in [3.8, 4) is 66.8 Å². The molecule has 0 unspecified atom stereocenters. The molecule has 5 nitrogen and oxygen atoms in total. The minimum absolute atomic E-state index is 0.421. The van der Waals surface area contributed by atoms with E-state index in [1.54, 1.807) is 23.5 Å². The molecule has 10 heteroatoms. The molecule has 133 heavy (non-hydrogen) atoms. The minimum atomic E-state index is -0.432. The maximum absolute atomic E-state index is 6.95. The smallest absolute Gasteiger partial charge is 0.136 e. The van der Waals surface area contributed by atoms with Crippen LogP contribution in [0.4, 0.5) is 17.1 Å². The highest BCUT2D eigenvalue weighted by atomic mass is 35.5. The number of anilines is 3. The Hall–Kier alpha value is -15.0. The fraction of sp³-hybridized carbons (Fsp3) is 0.0244. The van der Waals surface area contributed by atoms with E-state index < -0.39 is 16.2 Å². The number of benzene rings is 20. The average molecular weight is 1800 g/mol. The molecule has 0 amide bonds. The summed E-state index contributed by atoms with van der Waals surface area (Å²) in [7, 11) is 0. The van der Waals surface area contributed by atoms with Crippen molar-refractivity contribution in [2.24, 2.45) is 0 Å². The molecule has 0 bridgehead atoms. The van der Waals surface area contributed by atoms with Gasteiger partial charge in [-0.1, -0.05) is 386 Å². The normalized spacial score (nSPS) is 13.8. The summed E-state index contributed by atoms with van der Waals surface area (Å²) in [4.78, 5) is 7.25. The molecule has 23 aromatic rings. The van der Waals surface area contributed by atoms with Crippen LogP contribution < -0.4 is 11.1 Å². The van der Waals surface area contributed by atoms with Gasteiger partial charge in [-0.3, -0.25) is 0 Å². The number of hydrogen-bond acceptors (Lipinski definition) is 8. The Morgan fingerprint density at radius 2 is 0.474 bits per heavy atom. The Labute approximate surface area is 791 Å². The summed E-state index contributed by atoms with van der Waals surface area (Å²) >= 11 is 19.3. The lowest BCUT2D eigenvalue weighted by Crippen LogP contribution is -2.32. The molecule has 3 N–H and O–H groups in total. The van der Waals surface area contributed by atoms with E-state index in [1.807, 2.05) is 90.6 Å². The number of nitrogens with two attached hydrogens (primary N) is 1. The molecule has 6 aliphatic rings. The predicted molar refractivity (Wildman–Crippen MR) is 552 cm³/mol. The van der Waals surface area contributed by atoms with Crippen LogP contribution in [0.3, 0.4) is 0 Å². The van der Waals surface area contributed by atoms with Crippen molar-refractivity contribution in [1.82, 2.24) is 0 Å². The first-order chi connectivity index (χ1) is 65.6. The second-order valence-electron chi connectivity index (χ2n) is 34.7. The van der Waals surface area contributed by atoms with Gasteiger partial charge in [-0.25, -0.2) is 0 Å². The zero-order chi connectivity index (χ0) is 88.2. The van der Waals surface area contributed by atoms with Gasteiger partial charge in [-0.15, -0.1) is 0 Å². The third kappa shape index (κ3) is 12.2. The summed E-state index contributed by atoms with van der Waals surface area (Å²) in [5.74, 6) is 0. The summed E-state index contributed by atoms with van der Waals surface area (Å²) in [5, 5.41) is 12.2. The van der Waals surface area contributed by atoms with Crippen LogP contribution in [0.25, 0.3) is 133 Å². The van der Waals surface area contributed by atoms with Crippen LogP contribution in [0.5, 0.6) is 0 Å². The van der Waals surface area contributed by atoms with Crippen LogP contribution in [0.15, 0.2) is 485 Å². The Bertz CT molecular complexity index is 8300. The summed E-state index contributed by atoms with van der Waals surface area (Å²) in [5.41, 5.74) is 43.0. The lowest BCUT2D eigenvalue weighted by atomic mass is 9.67. The molecule has 6 heterocycles. The SMILES string of the molecule is Clc1cccc2c1Sc1cc(-c3ccc4c(c3)oc3ccccc34)ccc1C21c2ccccc2-c2ccccc21.Clc1cccc2c1Sc1cc(-c3ccc4c(c3)oc3ccccc34)ccc1C21c2ccccc2-c2ccccc21.Nc1ccccc1.c1ccc(Nc2cccc3c2Sc2cc(-c4ccc5c(c4)oc4ccccc45)ccc2C32c3ccccc3-c3ccccc32)cc1. The quantitative estimate of drug-likeness (QED) is 0.165. The lowest BCUT2D eigenvalue weighted by Gasteiger charge is -2.40. The molecule has 3 aliphatic heterocycles. The topological polar surface area (TPSA) is 77.5 Å². The van der Waals surface area contributed by atoms with Crippen LogP contribution in [0.1, 0.15) is 66.8 Å². The van der Waals surface area contributed by atoms with E-state index in [1.165, 1.54) is 136 Å². The Balaban J connectivity index is 0.000000101. The van der Waals surface area contributed by atoms with Gasteiger partial charge in [0.1, 0.15) is 33.5 Å². The molecule has 0 radical (unpaired) electrons. The van der Waals surface area contributed by atoms with Crippen LogP contribution in [-0.2, 0) is 16.2 Å². The number of rotatable bonds is 5. The maximum atomic E-state index is 6.95. The van der Waals surface area contributed by atoms with Crippen LogP contribution in [0, 0.1) is 0 Å². The third-order valence-electron chi connectivity index (χ3n) is 27.8. The molecular weight excluding hydrogens is 1720 g/mol. The van der Waals surface area contributed by atoms with Crippen molar-refractivity contribution in [2.75, 3.05) is 11.1 Å². The average Bonchev–Trinajstić information content (AvgIpc) is 1.47. The van der Waals surface area contributed by atoms with Gasteiger partial charge >= 0.3 is 0 Å². The van der Waals surface area contributed by atoms with Crippen molar-refractivity contribution < 1.29 is 13.3 Å². The van der Waals surface area contributed by atoms with Crippen molar-refractivity contribution >= 4 is 141 Å². The molecule has 3 spiro atoms. The number of nitrogens with one attached hydrogen (secondary N) is 1. The second kappa shape index (κ2) is 31.4. The fourth-order valence-electron chi connectivity index (χ4n) is 22.2. The van der Waals surface area contributed by atoms with E-state index in [9.17, 15) is 0 Å². The fourth-order valence-corrected chi connectivity index (χ4v) is 26.5. The lowest BCUT2D eigenvalue weighted by molar-refractivity contribution is 0.668. The van der Waals surface area contributed by atoms with Gasteiger partial charge < -0.3 is 24.3 Å². The number of para-hydroxylation sites is 5. The van der Waals surface area contributed by atoms with Crippen LogP contribution >= 0.6 is 58.5 Å². The first-order valence-corrected chi connectivity index (χ1v) is 48.0. The number of halogens is 2. The van der Waals surface area contributed by atoms with E-state index in [0.717, 1.165) is 119 Å². The number of fused-ring (bicyclic) bond motifs is 36. The first kappa shape index (κ1) is 79.0. The molecule has 20 aromatic carbocycles. The van der Waals surface area contributed by atoms with Crippen molar-refractivity contribution in [1.29, 1.82) is 0 Å². The highest BCUT2D eigenvalue weighted by Gasteiger charge is 2.54. The zero-order valence-electron chi connectivity index (χ0n) is 71.4. The van der Waals surface area contributed by atoms with E-state index in [4.69, 9.17) is 42.2 Å². The van der Waals surface area contributed by atoms with Gasteiger partial charge in [-0.05, 0) is 249 Å². The zero-order valence-corrected chi connectivity index (χ0v) is 75.4. The number of hydrogen-bond donors (Lipinski definition) is 2. The van der Waals surface area contributed by atoms with E-state index >= 15 is 0 Å². The molecule has 0 saturated heterocycles. The number of nitrogen functional groups attached to an aromatic ring is 1. The van der Waals surface area contributed by atoms with Gasteiger partial charge in [0.2, 0.25) is 0 Å². The molecular formula is C123H76Cl2N2O3S3. The Morgan fingerprint density at radius 1 is 0.211 bits per heavy atom. The standard InChI is InChI=1S/C43H27NOS.2C37H21ClOS.C6H7N/c1-2-11-29(12-3-1)44-38-19-10-18-37-42(38)46-41-26-28(27-21-23-33-32-15-6-9-20-39(32)45-40(33)25-27)22-24-36(41)43(37)34-16-7-4-13-30(34)31-14-5-8-17-35(31)43;2*38-32-14-7-13-31-36(32)40-35-21-23(22-16-18-27-26-10-3-6-15-33(26)39-34(27)20-22)17-19-30(35)37(31)28-11-4-1-8-24(28)25-9-2-5-12-29(25)37;7-6-4-2-1-3-5-6/h1-26,44H;2*1-21H;1-5H,7H2. The molecule has 628 valence electrons. The van der Waals surface area contributed by atoms with Crippen molar-refractivity contribution in [3.05, 3.63) is 520 Å². The van der Waals surface area contributed by atoms with E-state index in [2.05, 4.69) is 369 Å². The molecule has 3 aromatic heterocycles. The summed E-state index contributed by atoms with van der Waals surface area (Å²) < 4.78 is 18.7. The Kier molecular flexibility index (Phi) is 18.7. The van der Waals surface area contributed by atoms with Gasteiger partial charge in [-0.2, -0.15) is 0 Å². The largest absolute Gasteiger partial charge is 0.456 e. The molecule has 29 rings (SSSR count). The molecule has 3 aliphatic carbocycles. The van der Waals surface area contributed by atoms with Gasteiger partial charge in [0.15, 0.2) is 0 Å². The van der Waals surface area contributed by atoms with Gasteiger partial charge in [0.05, 0.1) is 32.0 Å². The molecule has 0 atom stereocenters. The van der Waals surface area contributed by atoms with E-state index in [-0.39, 0.29) is 0 Å². The third-order valence-corrected chi connectivity index (χ3v) is 32.3. The highest BCUT2D eigenvalue weighted by Crippen LogP contribution is 2.68. The maximum Gasteiger partial charge on any atom is 0.136 e. The van der Waals surface area contributed by atoms with Gasteiger partial charge in [0.25, 0.3) is 0 Å². The van der Waals surface area contributed by atoms with Crippen molar-refractivity contribution in [2.45, 2.75) is 45.6 Å². The predicted octanol–water partition coefficient (Wildman–Crippen LogP) is 34.6. The number of furan rings is 3. The van der Waals surface area contributed by atoms with Crippen molar-refractivity contribution in [3.63, 3.8) is 0 Å². The summed E-state index contributed by atoms with van der Waals surface area (Å²) in [6, 6.07) is 158.